The maximum Gasteiger partial charge on any atom is 0.433 e. The Balaban J connectivity index is 1.13. The summed E-state index contributed by atoms with van der Waals surface area (Å²) < 4.78 is 42.3. The number of nitrogens with one attached hydrogen (secondary N) is 1. The average molecular weight is 594 g/mol. The molecular weight excluding hydrogens is 563 g/mol. The number of amides is 1. The van der Waals surface area contributed by atoms with E-state index in [0.717, 1.165) is 28.4 Å². The van der Waals surface area contributed by atoms with Crippen molar-refractivity contribution in [2.24, 2.45) is 0 Å². The molecule has 4 aromatic heterocycles. The van der Waals surface area contributed by atoms with Crippen LogP contribution in [0, 0.1) is 11.3 Å². The van der Waals surface area contributed by atoms with E-state index in [1.807, 2.05) is 16.9 Å². The topological polar surface area (TPSA) is 140 Å². The Bertz CT molecular complexity index is 1670. The Morgan fingerprint density at radius 3 is 2.60 bits per heavy atom. The number of rotatable bonds is 6. The van der Waals surface area contributed by atoms with Crippen molar-refractivity contribution in [1.82, 2.24) is 39.5 Å². The van der Waals surface area contributed by atoms with E-state index in [1.165, 1.54) is 31.1 Å². The summed E-state index contributed by atoms with van der Waals surface area (Å²) in [5.74, 6) is -0.603. The van der Waals surface area contributed by atoms with Crippen molar-refractivity contribution in [3.05, 3.63) is 60.1 Å². The predicted octanol–water partition coefficient (Wildman–Crippen LogP) is 3.69. The van der Waals surface area contributed by atoms with E-state index in [1.54, 1.807) is 12.4 Å². The number of piperazine rings is 1. The van der Waals surface area contributed by atoms with Gasteiger partial charge in [-0.2, -0.15) is 23.5 Å². The second-order valence-corrected chi connectivity index (χ2v) is 11.8. The summed E-state index contributed by atoms with van der Waals surface area (Å²) in [7, 11) is 0. The van der Waals surface area contributed by atoms with Crippen molar-refractivity contribution in [1.29, 1.82) is 5.26 Å². The second-order valence-electron chi connectivity index (χ2n) is 11.8. The number of nitriles is 1. The lowest BCUT2D eigenvalue weighted by Crippen LogP contribution is -2.60. The van der Waals surface area contributed by atoms with Crippen LogP contribution in [0.2, 0.25) is 0 Å². The van der Waals surface area contributed by atoms with Crippen LogP contribution in [0.25, 0.3) is 22.3 Å². The summed E-state index contributed by atoms with van der Waals surface area (Å²) in [6, 6.07) is 6.39. The van der Waals surface area contributed by atoms with Gasteiger partial charge in [-0.25, -0.2) is 15.0 Å². The number of carbonyl (C=O) groups is 1. The van der Waals surface area contributed by atoms with Crippen molar-refractivity contribution >= 4 is 16.9 Å². The van der Waals surface area contributed by atoms with Crippen LogP contribution in [-0.4, -0.2) is 82.8 Å². The van der Waals surface area contributed by atoms with Crippen molar-refractivity contribution in [2.75, 3.05) is 26.2 Å². The highest BCUT2D eigenvalue weighted by Gasteiger charge is 2.49. The first-order chi connectivity index (χ1) is 20.4. The summed E-state index contributed by atoms with van der Waals surface area (Å²) in [6.07, 6.45) is 3.89. The molecule has 0 spiro atoms. The minimum atomic E-state index is -4.76. The molecule has 1 amide bonds. The molecule has 1 saturated carbocycles. The first-order valence-electron chi connectivity index (χ1n) is 13.9. The number of aromatic nitrogens is 6. The van der Waals surface area contributed by atoms with Gasteiger partial charge >= 0.3 is 6.18 Å². The van der Waals surface area contributed by atoms with Crippen LogP contribution >= 0.6 is 0 Å². The molecule has 0 aromatic carbocycles. The zero-order valence-electron chi connectivity index (χ0n) is 23.6. The highest BCUT2D eigenvalue weighted by Crippen LogP contribution is 2.45. The third kappa shape index (κ3) is 5.34. The van der Waals surface area contributed by atoms with Gasteiger partial charge in [0.05, 0.1) is 35.5 Å². The van der Waals surface area contributed by atoms with Gasteiger partial charge in [0.2, 0.25) is 0 Å². The van der Waals surface area contributed by atoms with Crippen LogP contribution in [-0.2, 0) is 17.3 Å². The first kappa shape index (κ1) is 28.8. The van der Waals surface area contributed by atoms with Gasteiger partial charge in [-0.05, 0) is 50.5 Å². The van der Waals surface area contributed by atoms with E-state index in [4.69, 9.17) is 0 Å². The molecule has 4 aromatic rings. The van der Waals surface area contributed by atoms with Crippen LogP contribution in [0.15, 0.2) is 43.1 Å². The monoisotopic (exact) mass is 593 g/mol. The number of pyridine rings is 1. The Kier molecular flexibility index (Phi) is 6.97. The van der Waals surface area contributed by atoms with Crippen molar-refractivity contribution < 1.29 is 23.1 Å². The smallest absolute Gasteiger partial charge is 0.386 e. The van der Waals surface area contributed by atoms with Crippen molar-refractivity contribution in [2.45, 2.75) is 56.5 Å². The minimum Gasteiger partial charge on any atom is -0.386 e. The number of fused-ring (bicyclic) bond motifs is 1. The lowest BCUT2D eigenvalue weighted by atomic mass is 9.70. The highest BCUT2D eigenvalue weighted by molar-refractivity contribution is 5.93. The molecule has 0 radical (unpaired) electrons. The number of aromatic amines is 1. The predicted molar refractivity (Wildman–Crippen MR) is 148 cm³/mol. The van der Waals surface area contributed by atoms with Crippen LogP contribution in [0.3, 0.4) is 0 Å². The number of hydrogen-bond acceptors (Lipinski definition) is 8. The zero-order valence-corrected chi connectivity index (χ0v) is 23.6. The summed E-state index contributed by atoms with van der Waals surface area (Å²) in [5.41, 5.74) is -1.31. The quantitative estimate of drug-likeness (QED) is 0.345. The molecule has 5 heterocycles. The SMILES string of the molecule is CC(C)(O)c1cc(C(=O)N2CCN([C@H]3C[C@](CC#N)(n4cc(-c5ncnc6[nH]ccc56)cn4)C3)CC2)nc(C(F)(F)F)c1. The fraction of sp³-hybridized carbons (Fsp3) is 0.448. The Hall–Kier alpha value is -4.35. The summed E-state index contributed by atoms with van der Waals surface area (Å²) in [4.78, 5) is 32.3. The van der Waals surface area contributed by atoms with E-state index < -0.39 is 28.9 Å². The third-order valence-electron chi connectivity index (χ3n) is 8.49. The fourth-order valence-electron chi connectivity index (χ4n) is 6.03. The van der Waals surface area contributed by atoms with Gasteiger partial charge < -0.3 is 15.0 Å². The molecule has 2 aliphatic rings. The van der Waals surface area contributed by atoms with Crippen LogP contribution in [0.4, 0.5) is 13.2 Å². The Morgan fingerprint density at radius 2 is 1.93 bits per heavy atom. The number of H-pyrrole nitrogens is 1. The summed E-state index contributed by atoms with van der Waals surface area (Å²) >= 11 is 0. The van der Waals surface area contributed by atoms with Gasteiger partial charge in [0.25, 0.3) is 5.91 Å². The van der Waals surface area contributed by atoms with E-state index in [2.05, 4.69) is 36.0 Å². The maximum absolute atomic E-state index is 13.5. The molecule has 2 fully saturated rings. The first-order valence-corrected chi connectivity index (χ1v) is 13.9. The van der Waals surface area contributed by atoms with Crippen LogP contribution in [0.1, 0.15) is 54.9 Å². The number of nitrogens with zero attached hydrogens (tertiary/aromatic N) is 8. The lowest BCUT2D eigenvalue weighted by molar-refractivity contribution is -0.141. The average Bonchev–Trinajstić information content (AvgIpc) is 3.64. The molecular formula is C29H30F3N9O2. The number of hydrogen-bond donors (Lipinski definition) is 2. The second kappa shape index (κ2) is 10.4. The Morgan fingerprint density at radius 1 is 1.19 bits per heavy atom. The molecule has 43 heavy (non-hydrogen) atoms. The van der Waals surface area contributed by atoms with Crippen molar-refractivity contribution in [3.8, 4) is 17.3 Å². The van der Waals surface area contributed by atoms with Gasteiger partial charge in [0.15, 0.2) is 0 Å². The molecule has 1 aliphatic carbocycles. The molecule has 0 bridgehead atoms. The van der Waals surface area contributed by atoms with Gasteiger partial charge in [-0.3, -0.25) is 14.4 Å². The molecule has 1 aliphatic heterocycles. The molecule has 2 N–H and O–H groups in total. The molecule has 1 saturated heterocycles. The Labute approximate surface area is 245 Å². The summed E-state index contributed by atoms with van der Waals surface area (Å²) in [6.45, 7) is 4.44. The van der Waals surface area contributed by atoms with E-state index in [0.29, 0.717) is 39.0 Å². The van der Waals surface area contributed by atoms with Crippen molar-refractivity contribution in [3.63, 3.8) is 0 Å². The largest absolute Gasteiger partial charge is 0.433 e. The van der Waals surface area contributed by atoms with Gasteiger partial charge in [-0.15, -0.1) is 0 Å². The standard InChI is InChI=1S/C29H30F3N9O2/c1-27(2,43)19-11-22(38-23(12-19)29(30,31)32)26(42)40-9-7-39(8-10-40)20-13-28(14-20,4-5-33)41-16-18(15-37-41)24-21-3-6-34-25(21)36-17-35-24/h3,6,11-12,15-17,20,43H,4,7-10,13-14H2,1-2H3,(H,34,35,36)/t20-,28-. The molecule has 6 rings (SSSR count). The maximum atomic E-state index is 13.5. The minimum absolute atomic E-state index is 0.0286. The number of aliphatic hydroxyl groups is 1. The van der Waals surface area contributed by atoms with Gasteiger partial charge in [0, 0.05) is 55.6 Å². The molecule has 0 atom stereocenters. The van der Waals surface area contributed by atoms with Gasteiger partial charge in [-0.1, -0.05) is 0 Å². The van der Waals surface area contributed by atoms with E-state index in [9.17, 15) is 28.3 Å². The molecule has 14 heteroatoms. The number of halogens is 3. The van der Waals surface area contributed by atoms with E-state index in [-0.39, 0.29) is 23.7 Å². The lowest BCUT2D eigenvalue weighted by Gasteiger charge is -2.52. The van der Waals surface area contributed by atoms with Crippen LogP contribution < -0.4 is 0 Å². The normalized spacial score (nSPS) is 21.5. The molecule has 0 unspecified atom stereocenters. The van der Waals surface area contributed by atoms with Crippen LogP contribution in [0.5, 0.6) is 0 Å². The fourth-order valence-corrected chi connectivity index (χ4v) is 6.03. The van der Waals surface area contributed by atoms with Gasteiger partial charge in [0.1, 0.15) is 23.4 Å². The zero-order chi connectivity index (χ0) is 30.6. The number of alkyl halides is 3. The summed E-state index contributed by atoms with van der Waals surface area (Å²) in [5, 5.41) is 25.5. The number of carbonyl (C=O) groups excluding carboxylic acids is 1. The third-order valence-corrected chi connectivity index (χ3v) is 8.49. The highest BCUT2D eigenvalue weighted by atomic mass is 19.4. The molecule has 11 nitrogen and oxygen atoms in total. The van der Waals surface area contributed by atoms with E-state index >= 15 is 0 Å². The molecule has 224 valence electrons.